The van der Waals surface area contributed by atoms with Crippen LogP contribution in [0, 0.1) is 11.8 Å². The minimum absolute atomic E-state index is 0.413. The first kappa shape index (κ1) is 9.77. The number of nitrogens with zero attached hydrogens (tertiary/aromatic N) is 2. The Morgan fingerprint density at radius 1 is 1.64 bits per heavy atom. The van der Waals surface area contributed by atoms with Gasteiger partial charge < -0.3 is 0 Å². The third kappa shape index (κ3) is 2.18. The van der Waals surface area contributed by atoms with E-state index in [9.17, 15) is 4.79 Å². The fourth-order valence-electron chi connectivity index (χ4n) is 2.04. The minimum atomic E-state index is 0.413. The maximum Gasteiger partial charge on any atom is 0.133 e. The molecule has 2 unspecified atom stereocenters. The van der Waals surface area contributed by atoms with E-state index in [0.717, 1.165) is 31.4 Å². The van der Waals surface area contributed by atoms with Gasteiger partial charge in [-0.05, 0) is 24.7 Å². The molecule has 76 valence electrons. The van der Waals surface area contributed by atoms with E-state index in [4.69, 9.17) is 0 Å². The maximum absolute atomic E-state index is 11.3. The molecule has 1 aromatic rings. The van der Waals surface area contributed by atoms with Crippen molar-refractivity contribution in [1.29, 1.82) is 0 Å². The minimum Gasteiger partial charge on any atom is -0.300 e. The SMILES string of the molecule is CC1CCC(=O)CC1Cc1cnsn1. The standard InChI is InChI=1S/C10H14N2OS/c1-7-2-3-10(13)5-8(7)4-9-6-11-14-12-9/h6-8H,2-5H2,1H3. The second kappa shape index (κ2) is 4.17. The van der Waals surface area contributed by atoms with E-state index >= 15 is 0 Å². The van der Waals surface area contributed by atoms with Crippen molar-refractivity contribution in [2.75, 3.05) is 0 Å². The highest BCUT2D eigenvalue weighted by Gasteiger charge is 2.26. The lowest BCUT2D eigenvalue weighted by molar-refractivity contribution is -0.122. The largest absolute Gasteiger partial charge is 0.300 e. The molecule has 1 aliphatic rings. The molecular weight excluding hydrogens is 196 g/mol. The number of rotatable bonds is 2. The molecule has 4 heteroatoms. The van der Waals surface area contributed by atoms with Crippen LogP contribution < -0.4 is 0 Å². The summed E-state index contributed by atoms with van der Waals surface area (Å²) in [6, 6.07) is 0. The van der Waals surface area contributed by atoms with Crippen molar-refractivity contribution >= 4 is 17.5 Å². The Morgan fingerprint density at radius 3 is 3.21 bits per heavy atom. The molecule has 1 heterocycles. The van der Waals surface area contributed by atoms with E-state index in [2.05, 4.69) is 15.7 Å². The van der Waals surface area contributed by atoms with Crippen molar-refractivity contribution in [3.63, 3.8) is 0 Å². The van der Waals surface area contributed by atoms with Gasteiger partial charge in [-0.25, -0.2) is 0 Å². The van der Waals surface area contributed by atoms with Gasteiger partial charge in [0, 0.05) is 12.8 Å². The predicted molar refractivity (Wildman–Crippen MR) is 55.1 cm³/mol. The fraction of sp³-hybridized carbons (Fsp3) is 0.700. The molecule has 0 aromatic carbocycles. The Bertz CT molecular complexity index is 310. The summed E-state index contributed by atoms with van der Waals surface area (Å²) in [5.41, 5.74) is 1.04. The molecule has 14 heavy (non-hydrogen) atoms. The smallest absolute Gasteiger partial charge is 0.133 e. The third-order valence-electron chi connectivity index (χ3n) is 3.05. The molecule has 0 spiro atoms. The van der Waals surface area contributed by atoms with Crippen molar-refractivity contribution in [2.24, 2.45) is 11.8 Å². The molecule has 0 N–H and O–H groups in total. The van der Waals surface area contributed by atoms with Gasteiger partial charge in [0.1, 0.15) is 5.78 Å². The lowest BCUT2D eigenvalue weighted by Gasteiger charge is -2.27. The molecule has 0 saturated heterocycles. The van der Waals surface area contributed by atoms with Crippen molar-refractivity contribution in [1.82, 2.24) is 8.75 Å². The molecule has 0 amide bonds. The van der Waals surface area contributed by atoms with Crippen LogP contribution in [0.4, 0.5) is 0 Å². The first-order valence-electron chi connectivity index (χ1n) is 5.04. The fourth-order valence-corrected chi connectivity index (χ4v) is 2.48. The average Bonchev–Trinajstić information content (AvgIpc) is 2.64. The molecule has 0 radical (unpaired) electrons. The molecule has 1 aromatic heterocycles. The normalized spacial score (nSPS) is 27.9. The van der Waals surface area contributed by atoms with Crippen LogP contribution in [-0.4, -0.2) is 14.5 Å². The zero-order valence-corrected chi connectivity index (χ0v) is 9.09. The van der Waals surface area contributed by atoms with Gasteiger partial charge >= 0.3 is 0 Å². The molecule has 3 nitrogen and oxygen atoms in total. The quantitative estimate of drug-likeness (QED) is 0.750. The third-order valence-corrected chi connectivity index (χ3v) is 3.57. The Hall–Kier alpha value is -0.770. The Morgan fingerprint density at radius 2 is 2.50 bits per heavy atom. The van der Waals surface area contributed by atoms with Gasteiger partial charge in [0.25, 0.3) is 0 Å². The summed E-state index contributed by atoms with van der Waals surface area (Å²) < 4.78 is 8.17. The Kier molecular flexibility index (Phi) is 2.91. The van der Waals surface area contributed by atoms with E-state index in [1.807, 2.05) is 6.20 Å². The van der Waals surface area contributed by atoms with Crippen LogP contribution in [0.1, 0.15) is 31.9 Å². The van der Waals surface area contributed by atoms with Crippen molar-refractivity contribution in [2.45, 2.75) is 32.6 Å². The van der Waals surface area contributed by atoms with Crippen LogP contribution in [0.5, 0.6) is 0 Å². The van der Waals surface area contributed by atoms with Crippen LogP contribution in [0.2, 0.25) is 0 Å². The lowest BCUT2D eigenvalue weighted by atomic mass is 9.77. The number of aromatic nitrogens is 2. The first-order chi connectivity index (χ1) is 6.75. The summed E-state index contributed by atoms with van der Waals surface area (Å²) in [6.45, 7) is 2.23. The van der Waals surface area contributed by atoms with Gasteiger partial charge in [-0.15, -0.1) is 0 Å². The van der Waals surface area contributed by atoms with Gasteiger partial charge in [0.2, 0.25) is 0 Å². The molecule has 0 aliphatic heterocycles. The molecule has 0 bridgehead atoms. The van der Waals surface area contributed by atoms with Crippen LogP contribution in [-0.2, 0) is 11.2 Å². The van der Waals surface area contributed by atoms with Crippen molar-refractivity contribution in [3.05, 3.63) is 11.9 Å². The predicted octanol–water partition coefficient (Wildman–Crippen LogP) is 2.09. The molecule has 1 fully saturated rings. The highest BCUT2D eigenvalue weighted by atomic mass is 32.1. The topological polar surface area (TPSA) is 42.9 Å². The van der Waals surface area contributed by atoms with E-state index in [1.54, 1.807) is 0 Å². The van der Waals surface area contributed by atoms with Gasteiger partial charge in [-0.1, -0.05) is 6.92 Å². The maximum atomic E-state index is 11.3. The van der Waals surface area contributed by atoms with Crippen LogP contribution in [0.15, 0.2) is 6.20 Å². The summed E-state index contributed by atoms with van der Waals surface area (Å²) >= 11 is 1.25. The lowest BCUT2D eigenvalue weighted by Crippen LogP contribution is -2.24. The molecule has 2 atom stereocenters. The van der Waals surface area contributed by atoms with E-state index in [0.29, 0.717) is 17.6 Å². The second-order valence-corrected chi connectivity index (χ2v) is 4.68. The van der Waals surface area contributed by atoms with Crippen molar-refractivity contribution < 1.29 is 4.79 Å². The zero-order chi connectivity index (χ0) is 9.97. The monoisotopic (exact) mass is 210 g/mol. The van der Waals surface area contributed by atoms with Gasteiger partial charge in [-0.2, -0.15) is 8.75 Å². The first-order valence-corrected chi connectivity index (χ1v) is 5.77. The zero-order valence-electron chi connectivity index (χ0n) is 8.27. The summed E-state index contributed by atoms with van der Waals surface area (Å²) in [5, 5.41) is 0. The molecule has 2 rings (SSSR count). The Balaban J connectivity index is 1.99. The Labute approximate surface area is 87.9 Å². The van der Waals surface area contributed by atoms with Crippen LogP contribution in [0.3, 0.4) is 0 Å². The van der Waals surface area contributed by atoms with E-state index < -0.39 is 0 Å². The van der Waals surface area contributed by atoms with E-state index in [1.165, 1.54) is 11.7 Å². The van der Waals surface area contributed by atoms with Crippen LogP contribution >= 0.6 is 11.7 Å². The molecule has 1 aliphatic carbocycles. The number of hydrogen-bond acceptors (Lipinski definition) is 4. The number of hydrogen-bond donors (Lipinski definition) is 0. The van der Waals surface area contributed by atoms with Crippen molar-refractivity contribution in [3.8, 4) is 0 Å². The average molecular weight is 210 g/mol. The van der Waals surface area contributed by atoms with Gasteiger partial charge in [0.05, 0.1) is 23.6 Å². The van der Waals surface area contributed by atoms with Crippen LogP contribution in [0.25, 0.3) is 0 Å². The summed E-state index contributed by atoms with van der Waals surface area (Å²) in [6.07, 6.45) is 5.28. The second-order valence-electron chi connectivity index (χ2n) is 4.12. The highest BCUT2D eigenvalue weighted by Crippen LogP contribution is 2.29. The molecule has 1 saturated carbocycles. The molecular formula is C10H14N2OS. The number of Topliss-reactive ketones (excluding diaryl/α,β-unsaturated/α-hetero) is 1. The number of ketones is 1. The summed E-state index contributed by atoms with van der Waals surface area (Å²) in [5.74, 6) is 1.55. The van der Waals surface area contributed by atoms with E-state index in [-0.39, 0.29) is 0 Å². The highest BCUT2D eigenvalue weighted by molar-refractivity contribution is 6.99. The number of carbonyl (C=O) groups excluding carboxylic acids is 1. The summed E-state index contributed by atoms with van der Waals surface area (Å²) in [4.78, 5) is 11.3. The summed E-state index contributed by atoms with van der Waals surface area (Å²) in [7, 11) is 0. The number of carbonyl (C=O) groups is 1. The van der Waals surface area contributed by atoms with Gasteiger partial charge in [0.15, 0.2) is 0 Å². The van der Waals surface area contributed by atoms with Gasteiger partial charge in [-0.3, -0.25) is 4.79 Å².